The lowest BCUT2D eigenvalue weighted by atomic mass is 9.96. The highest BCUT2D eigenvalue weighted by molar-refractivity contribution is 5.85. The van der Waals surface area contributed by atoms with E-state index in [0.29, 0.717) is 5.56 Å². The second-order valence-corrected chi connectivity index (χ2v) is 4.94. The first-order valence-corrected chi connectivity index (χ1v) is 6.53. The molecule has 1 saturated heterocycles. The van der Waals surface area contributed by atoms with Gasteiger partial charge in [0.05, 0.1) is 11.3 Å². The first-order chi connectivity index (χ1) is 9.08. The van der Waals surface area contributed by atoms with Gasteiger partial charge in [-0.3, -0.25) is 14.3 Å². The molecule has 6 heteroatoms. The Bertz CT molecular complexity index is 487. The average Bonchev–Trinajstić information content (AvgIpc) is 2.72. The molecular weight excluding hydrogens is 244 g/mol. The second kappa shape index (κ2) is 5.42. The molecule has 0 radical (unpaired) electrons. The van der Waals surface area contributed by atoms with E-state index >= 15 is 0 Å². The number of aldehydes is 1. The molecule has 1 amide bonds. The van der Waals surface area contributed by atoms with Crippen molar-refractivity contribution in [3.05, 3.63) is 11.3 Å². The Morgan fingerprint density at radius 1 is 1.42 bits per heavy atom. The summed E-state index contributed by atoms with van der Waals surface area (Å²) in [5.74, 6) is 1.05. The number of carbonyl (C=O) groups is 2. The minimum absolute atomic E-state index is 0.0789. The van der Waals surface area contributed by atoms with Gasteiger partial charge in [0.25, 0.3) is 0 Å². The predicted molar refractivity (Wildman–Crippen MR) is 72.3 cm³/mol. The lowest BCUT2D eigenvalue weighted by Crippen LogP contribution is -2.40. The summed E-state index contributed by atoms with van der Waals surface area (Å²) in [7, 11) is 3.52. The molecule has 1 aromatic rings. The van der Waals surface area contributed by atoms with Crippen LogP contribution in [0.1, 0.15) is 28.9 Å². The third-order valence-corrected chi connectivity index (χ3v) is 3.77. The zero-order chi connectivity index (χ0) is 14.0. The molecule has 19 heavy (non-hydrogen) atoms. The van der Waals surface area contributed by atoms with Crippen LogP contribution in [0.3, 0.4) is 0 Å². The zero-order valence-electron chi connectivity index (χ0n) is 11.6. The maximum atomic E-state index is 11.6. The van der Waals surface area contributed by atoms with Gasteiger partial charge in [0.15, 0.2) is 6.29 Å². The molecule has 0 atom stereocenters. The minimum Gasteiger partial charge on any atom is -0.359 e. The van der Waals surface area contributed by atoms with Crippen molar-refractivity contribution in [2.24, 2.45) is 13.0 Å². The molecule has 1 fully saturated rings. The summed E-state index contributed by atoms with van der Waals surface area (Å²) < 4.78 is 1.75. The van der Waals surface area contributed by atoms with Crippen LogP contribution in [0.5, 0.6) is 0 Å². The summed E-state index contributed by atoms with van der Waals surface area (Å²) in [4.78, 5) is 24.9. The summed E-state index contributed by atoms with van der Waals surface area (Å²) >= 11 is 0. The Balaban J connectivity index is 2.14. The van der Waals surface area contributed by atoms with Gasteiger partial charge in [-0.25, -0.2) is 0 Å². The summed E-state index contributed by atoms with van der Waals surface area (Å²) in [5.41, 5.74) is 1.40. The Labute approximate surface area is 112 Å². The van der Waals surface area contributed by atoms with Crippen LogP contribution in [0.25, 0.3) is 0 Å². The molecule has 1 aliphatic heterocycles. The van der Waals surface area contributed by atoms with Crippen LogP contribution in [0.15, 0.2) is 0 Å². The van der Waals surface area contributed by atoms with E-state index < -0.39 is 0 Å². The molecule has 0 aromatic carbocycles. The molecule has 1 aromatic heterocycles. The van der Waals surface area contributed by atoms with E-state index in [1.165, 1.54) is 0 Å². The molecule has 0 saturated carbocycles. The van der Waals surface area contributed by atoms with Crippen molar-refractivity contribution in [2.45, 2.75) is 19.8 Å². The number of piperidine rings is 1. The van der Waals surface area contributed by atoms with Crippen molar-refractivity contribution in [3.8, 4) is 0 Å². The number of rotatable bonds is 3. The van der Waals surface area contributed by atoms with Gasteiger partial charge in [-0.05, 0) is 19.8 Å². The van der Waals surface area contributed by atoms with Crippen LogP contribution in [0.2, 0.25) is 0 Å². The van der Waals surface area contributed by atoms with E-state index in [2.05, 4.69) is 15.3 Å². The molecular formula is C13H20N4O2. The molecule has 1 N–H and O–H groups in total. The number of aromatic nitrogens is 2. The smallest absolute Gasteiger partial charge is 0.222 e. The number of anilines is 1. The Morgan fingerprint density at radius 3 is 2.58 bits per heavy atom. The minimum atomic E-state index is 0.0789. The number of carbonyl (C=O) groups excluding carboxylic acids is 2. The number of nitrogens with zero attached hydrogens (tertiary/aromatic N) is 3. The fourth-order valence-corrected chi connectivity index (χ4v) is 2.73. The summed E-state index contributed by atoms with van der Waals surface area (Å²) in [5, 5.41) is 6.99. The van der Waals surface area contributed by atoms with Gasteiger partial charge in [-0.15, -0.1) is 0 Å². The Hall–Kier alpha value is -1.85. The molecule has 0 unspecified atom stereocenters. The largest absolute Gasteiger partial charge is 0.359 e. The van der Waals surface area contributed by atoms with Crippen molar-refractivity contribution < 1.29 is 9.59 Å². The quantitative estimate of drug-likeness (QED) is 0.807. The molecule has 0 bridgehead atoms. The van der Waals surface area contributed by atoms with Crippen LogP contribution in [0, 0.1) is 12.8 Å². The third-order valence-electron chi connectivity index (χ3n) is 3.77. The van der Waals surface area contributed by atoms with E-state index in [-0.39, 0.29) is 11.8 Å². The molecule has 0 spiro atoms. The third kappa shape index (κ3) is 2.47. The Kier molecular flexibility index (Phi) is 3.87. The lowest BCUT2D eigenvalue weighted by Gasteiger charge is -2.32. The fourth-order valence-electron chi connectivity index (χ4n) is 2.73. The van der Waals surface area contributed by atoms with Crippen molar-refractivity contribution in [1.82, 2.24) is 15.1 Å². The first-order valence-electron chi connectivity index (χ1n) is 6.53. The van der Waals surface area contributed by atoms with E-state index in [1.54, 1.807) is 11.7 Å². The molecule has 0 aliphatic carbocycles. The van der Waals surface area contributed by atoms with Gasteiger partial charge >= 0.3 is 0 Å². The van der Waals surface area contributed by atoms with Crippen molar-refractivity contribution >= 4 is 18.0 Å². The molecule has 2 rings (SSSR count). The number of hydrogen-bond donors (Lipinski definition) is 1. The summed E-state index contributed by atoms with van der Waals surface area (Å²) in [6.45, 7) is 3.39. The normalized spacial score (nSPS) is 16.5. The molecule has 104 valence electrons. The van der Waals surface area contributed by atoms with E-state index in [4.69, 9.17) is 0 Å². The highest BCUT2D eigenvalue weighted by atomic mass is 16.1. The van der Waals surface area contributed by atoms with Gasteiger partial charge < -0.3 is 10.2 Å². The van der Waals surface area contributed by atoms with Crippen LogP contribution in [-0.2, 0) is 11.8 Å². The number of nitrogens with one attached hydrogen (secondary N) is 1. The van der Waals surface area contributed by atoms with Gasteiger partial charge in [0.2, 0.25) is 5.91 Å². The summed E-state index contributed by atoms with van der Waals surface area (Å²) in [6, 6.07) is 0. The number of hydrogen-bond acceptors (Lipinski definition) is 4. The Morgan fingerprint density at radius 2 is 2.05 bits per heavy atom. The highest BCUT2D eigenvalue weighted by Gasteiger charge is 2.27. The van der Waals surface area contributed by atoms with Crippen molar-refractivity contribution in [1.29, 1.82) is 0 Å². The van der Waals surface area contributed by atoms with Gasteiger partial charge in [0, 0.05) is 33.1 Å². The maximum Gasteiger partial charge on any atom is 0.222 e. The lowest BCUT2D eigenvalue weighted by molar-refractivity contribution is -0.125. The van der Waals surface area contributed by atoms with E-state index in [1.807, 2.05) is 14.0 Å². The van der Waals surface area contributed by atoms with Crippen LogP contribution in [-0.4, -0.2) is 42.1 Å². The van der Waals surface area contributed by atoms with E-state index in [0.717, 1.165) is 43.7 Å². The first kappa shape index (κ1) is 13.6. The zero-order valence-corrected chi connectivity index (χ0v) is 11.6. The topological polar surface area (TPSA) is 67.2 Å². The van der Waals surface area contributed by atoms with Crippen molar-refractivity contribution in [2.75, 3.05) is 25.0 Å². The predicted octanol–water partition coefficient (Wildman–Crippen LogP) is 0.503. The number of amides is 1. The maximum absolute atomic E-state index is 11.6. The fraction of sp³-hybridized carbons (Fsp3) is 0.615. The van der Waals surface area contributed by atoms with E-state index in [9.17, 15) is 9.59 Å². The average molecular weight is 264 g/mol. The van der Waals surface area contributed by atoms with Gasteiger partial charge in [-0.2, -0.15) is 5.10 Å². The van der Waals surface area contributed by atoms with Gasteiger partial charge in [-0.1, -0.05) is 0 Å². The van der Waals surface area contributed by atoms with Crippen molar-refractivity contribution in [3.63, 3.8) is 0 Å². The van der Waals surface area contributed by atoms with Crippen LogP contribution >= 0.6 is 0 Å². The molecule has 6 nitrogen and oxygen atoms in total. The monoisotopic (exact) mass is 264 g/mol. The van der Waals surface area contributed by atoms with Crippen LogP contribution in [0.4, 0.5) is 5.82 Å². The molecule has 1 aliphatic rings. The van der Waals surface area contributed by atoms with Crippen LogP contribution < -0.4 is 10.2 Å². The highest BCUT2D eigenvalue weighted by Crippen LogP contribution is 2.26. The number of aryl methyl sites for hydroxylation is 2. The summed E-state index contributed by atoms with van der Waals surface area (Å²) in [6.07, 6.45) is 2.48. The van der Waals surface area contributed by atoms with Gasteiger partial charge in [0.1, 0.15) is 5.82 Å². The molecule has 2 heterocycles. The standard InChI is InChI=1S/C13H20N4O2/c1-9-11(8-18)13(16(3)15-9)17-6-4-10(5-7-17)12(19)14-2/h8,10H,4-7H2,1-3H3,(H,14,19). The SMILES string of the molecule is CNC(=O)C1CCN(c2c(C=O)c(C)nn2C)CC1. The second-order valence-electron chi connectivity index (χ2n) is 4.94.